The summed E-state index contributed by atoms with van der Waals surface area (Å²) in [6, 6.07) is 10.5. The van der Waals surface area contributed by atoms with Crippen molar-refractivity contribution in [3.8, 4) is 11.3 Å². The Balaban J connectivity index is 1.50. The van der Waals surface area contributed by atoms with Crippen molar-refractivity contribution in [2.45, 2.75) is 24.2 Å². The lowest BCUT2D eigenvalue weighted by Crippen LogP contribution is -2.22. The van der Waals surface area contributed by atoms with Crippen molar-refractivity contribution < 1.29 is 8.78 Å². The van der Waals surface area contributed by atoms with E-state index in [1.165, 1.54) is 49.7 Å². The monoisotopic (exact) mass is 465 g/mol. The molecule has 168 valence electrons. The summed E-state index contributed by atoms with van der Waals surface area (Å²) in [6.07, 6.45) is 6.90. The van der Waals surface area contributed by atoms with E-state index >= 15 is 0 Å². The molecular formula is C24H21F2N5OS. The molecule has 2 N–H and O–H groups in total. The zero-order valence-electron chi connectivity index (χ0n) is 17.6. The van der Waals surface area contributed by atoms with Crippen LogP contribution in [0.5, 0.6) is 0 Å². The van der Waals surface area contributed by atoms with Gasteiger partial charge in [0.05, 0.1) is 27.8 Å². The van der Waals surface area contributed by atoms with Crippen LogP contribution < -0.4 is 10.9 Å². The smallest absolute Gasteiger partial charge is 0.259 e. The Morgan fingerprint density at radius 3 is 2.55 bits per heavy atom. The molecule has 0 bridgehead atoms. The number of aromatic amines is 1. The molecule has 6 nitrogen and oxygen atoms in total. The first kappa shape index (κ1) is 21.5. The van der Waals surface area contributed by atoms with E-state index in [1.54, 1.807) is 24.2 Å². The van der Waals surface area contributed by atoms with Crippen LogP contribution in [0.4, 0.5) is 20.3 Å². The number of pyridine rings is 3. The van der Waals surface area contributed by atoms with Gasteiger partial charge in [0.15, 0.2) is 0 Å². The maximum atomic E-state index is 14.4. The molecule has 0 unspecified atom stereocenters. The summed E-state index contributed by atoms with van der Waals surface area (Å²) >= 11 is 1.68. The summed E-state index contributed by atoms with van der Waals surface area (Å²) < 4.78 is 31.2. The Morgan fingerprint density at radius 2 is 1.82 bits per heavy atom. The van der Waals surface area contributed by atoms with Gasteiger partial charge in [-0.15, -0.1) is 0 Å². The molecule has 0 spiro atoms. The third kappa shape index (κ3) is 4.60. The topological polar surface area (TPSA) is 73.9 Å². The number of hydrogen-bond acceptors (Lipinski definition) is 6. The molecule has 0 amide bonds. The molecule has 0 saturated carbocycles. The van der Waals surface area contributed by atoms with Gasteiger partial charge in [-0.1, -0.05) is 12.5 Å². The molecule has 0 radical (unpaired) electrons. The van der Waals surface area contributed by atoms with Crippen LogP contribution in [0, 0.1) is 11.6 Å². The summed E-state index contributed by atoms with van der Waals surface area (Å²) in [5.41, 5.74) is 0.162. The predicted molar refractivity (Wildman–Crippen MR) is 127 cm³/mol. The first-order chi connectivity index (χ1) is 16.1. The van der Waals surface area contributed by atoms with Gasteiger partial charge in [-0.25, -0.2) is 23.1 Å². The second kappa shape index (κ2) is 9.29. The van der Waals surface area contributed by atoms with Gasteiger partial charge in [-0.2, -0.15) is 0 Å². The fraction of sp³-hybridized carbons (Fsp3) is 0.208. The number of H-pyrrole nitrogens is 1. The van der Waals surface area contributed by atoms with E-state index in [0.717, 1.165) is 18.0 Å². The fourth-order valence-electron chi connectivity index (χ4n) is 3.91. The van der Waals surface area contributed by atoms with Crippen LogP contribution in [0.2, 0.25) is 0 Å². The lowest BCUT2D eigenvalue weighted by molar-refractivity contribution is 0.380. The van der Waals surface area contributed by atoms with Gasteiger partial charge in [0, 0.05) is 30.4 Å². The van der Waals surface area contributed by atoms with Crippen LogP contribution in [0.3, 0.4) is 0 Å². The second-order valence-corrected chi connectivity index (χ2v) is 8.97. The van der Waals surface area contributed by atoms with Crippen molar-refractivity contribution in [3.63, 3.8) is 0 Å². The Hall–Kier alpha value is -3.30. The minimum absolute atomic E-state index is 0.0866. The van der Waals surface area contributed by atoms with Crippen LogP contribution in [0.1, 0.15) is 19.3 Å². The summed E-state index contributed by atoms with van der Waals surface area (Å²) in [6.45, 7) is 2.12. The van der Waals surface area contributed by atoms with Crippen LogP contribution in [-0.4, -0.2) is 32.3 Å². The number of benzene rings is 1. The molecule has 0 atom stereocenters. The van der Waals surface area contributed by atoms with Gasteiger partial charge in [0.2, 0.25) is 0 Å². The zero-order chi connectivity index (χ0) is 22.8. The summed E-state index contributed by atoms with van der Waals surface area (Å²) in [5, 5.41) is 3.41. The maximum Gasteiger partial charge on any atom is 0.259 e. The van der Waals surface area contributed by atoms with Gasteiger partial charge in [0.25, 0.3) is 5.56 Å². The highest BCUT2D eigenvalue weighted by Gasteiger charge is 2.17. The molecule has 9 heteroatoms. The summed E-state index contributed by atoms with van der Waals surface area (Å²) in [7, 11) is 0. The standard InChI is InChI=1S/C24H21F2N5OS/c25-16-5-4-6-17(26)22(16)19-13-20(23-18(29-19)9-10-27-24(23)32)30-21-8-7-15(14-28-21)33-31-11-2-1-3-12-31/h4-10,13-14H,1-3,11-12H2,(H,27,32)(H,28,29,30). The number of piperidine rings is 1. The third-order valence-corrected chi connectivity index (χ3v) is 6.57. The quantitative estimate of drug-likeness (QED) is 0.379. The molecule has 0 aliphatic carbocycles. The Morgan fingerprint density at radius 1 is 1.03 bits per heavy atom. The molecule has 5 rings (SSSR count). The minimum atomic E-state index is -0.727. The number of hydrogen-bond donors (Lipinski definition) is 2. The second-order valence-electron chi connectivity index (χ2n) is 7.80. The molecule has 33 heavy (non-hydrogen) atoms. The number of rotatable bonds is 5. The number of nitrogens with zero attached hydrogens (tertiary/aromatic N) is 3. The summed E-state index contributed by atoms with van der Waals surface area (Å²) in [4.78, 5) is 25.0. The number of anilines is 2. The summed E-state index contributed by atoms with van der Waals surface area (Å²) in [5.74, 6) is -0.946. The van der Waals surface area contributed by atoms with E-state index < -0.39 is 11.6 Å². The molecule has 1 aliphatic heterocycles. The largest absolute Gasteiger partial charge is 0.339 e. The highest BCUT2D eigenvalue weighted by molar-refractivity contribution is 7.97. The van der Waals surface area contributed by atoms with Gasteiger partial charge in [0.1, 0.15) is 17.5 Å². The molecule has 1 aromatic carbocycles. The molecule has 4 heterocycles. The highest BCUT2D eigenvalue weighted by atomic mass is 32.2. The van der Waals surface area contributed by atoms with Crippen molar-refractivity contribution in [1.82, 2.24) is 19.3 Å². The molecule has 1 aliphatic rings. The average Bonchev–Trinajstić information content (AvgIpc) is 2.81. The van der Waals surface area contributed by atoms with Gasteiger partial charge < -0.3 is 10.3 Å². The Kier molecular flexibility index (Phi) is 6.06. The number of nitrogens with one attached hydrogen (secondary N) is 2. The number of fused-ring (bicyclic) bond motifs is 1. The van der Waals surface area contributed by atoms with Crippen LogP contribution in [-0.2, 0) is 0 Å². The van der Waals surface area contributed by atoms with E-state index in [9.17, 15) is 13.6 Å². The van der Waals surface area contributed by atoms with Crippen molar-refractivity contribution in [3.05, 3.63) is 76.8 Å². The van der Waals surface area contributed by atoms with E-state index in [-0.39, 0.29) is 22.2 Å². The lowest BCUT2D eigenvalue weighted by Gasteiger charge is -2.24. The average molecular weight is 466 g/mol. The molecular weight excluding hydrogens is 444 g/mol. The molecule has 1 saturated heterocycles. The van der Waals surface area contributed by atoms with E-state index in [0.29, 0.717) is 17.0 Å². The van der Waals surface area contributed by atoms with Crippen LogP contribution in [0.15, 0.2) is 64.5 Å². The number of aromatic nitrogens is 3. The molecule has 4 aromatic rings. The van der Waals surface area contributed by atoms with Crippen molar-refractivity contribution >= 4 is 34.4 Å². The van der Waals surface area contributed by atoms with E-state index in [1.807, 2.05) is 12.1 Å². The van der Waals surface area contributed by atoms with Crippen LogP contribution >= 0.6 is 11.9 Å². The lowest BCUT2D eigenvalue weighted by atomic mass is 10.1. The van der Waals surface area contributed by atoms with E-state index in [4.69, 9.17) is 0 Å². The predicted octanol–water partition coefficient (Wildman–Crippen LogP) is 5.50. The van der Waals surface area contributed by atoms with Crippen molar-refractivity contribution in [2.75, 3.05) is 18.4 Å². The Bertz CT molecular complexity index is 1330. The minimum Gasteiger partial charge on any atom is -0.339 e. The fourth-order valence-corrected chi connectivity index (χ4v) is 4.88. The molecule has 3 aromatic heterocycles. The van der Waals surface area contributed by atoms with Gasteiger partial charge in [-0.05, 0) is 61.2 Å². The third-order valence-electron chi connectivity index (χ3n) is 5.50. The highest BCUT2D eigenvalue weighted by Crippen LogP contribution is 2.32. The van der Waals surface area contributed by atoms with Crippen LogP contribution in [0.25, 0.3) is 22.2 Å². The molecule has 1 fully saturated rings. The first-order valence-electron chi connectivity index (χ1n) is 10.7. The SMILES string of the molecule is O=c1[nH]ccc2nc(-c3c(F)cccc3F)cc(Nc3ccc(SN4CCCCC4)cn3)c12. The first-order valence-corrected chi connectivity index (χ1v) is 11.5. The van der Waals surface area contributed by atoms with Crippen molar-refractivity contribution in [2.24, 2.45) is 0 Å². The van der Waals surface area contributed by atoms with E-state index in [2.05, 4.69) is 24.6 Å². The van der Waals surface area contributed by atoms with Gasteiger partial charge in [-0.3, -0.25) is 4.79 Å². The van der Waals surface area contributed by atoms with Crippen molar-refractivity contribution in [1.29, 1.82) is 0 Å². The zero-order valence-corrected chi connectivity index (χ0v) is 18.5. The number of halogens is 2. The van der Waals surface area contributed by atoms with Gasteiger partial charge >= 0.3 is 0 Å². The normalized spacial score (nSPS) is 14.5. The maximum absolute atomic E-state index is 14.4. The Labute approximate surface area is 193 Å².